The molecule has 0 saturated carbocycles. The Morgan fingerprint density at radius 2 is 1.67 bits per heavy atom. The van der Waals surface area contributed by atoms with Crippen molar-refractivity contribution < 1.29 is 9.72 Å². The zero-order chi connectivity index (χ0) is 15.7. The van der Waals surface area contributed by atoms with E-state index in [2.05, 4.69) is 6.92 Å². The summed E-state index contributed by atoms with van der Waals surface area (Å²) in [5, 5.41) is 10.6. The average Bonchev–Trinajstić information content (AvgIpc) is 2.49. The summed E-state index contributed by atoms with van der Waals surface area (Å²) in [5.74, 6) is -0.425. The zero-order valence-corrected chi connectivity index (χ0v) is 13.0. The molecule has 0 spiro atoms. The second-order valence-electron chi connectivity index (χ2n) is 5.54. The Kier molecular flexibility index (Phi) is 7.65. The van der Waals surface area contributed by atoms with Gasteiger partial charge in [0.05, 0.1) is 0 Å². The number of aryl methyl sites for hydroxylation is 1. The van der Waals surface area contributed by atoms with Crippen molar-refractivity contribution in [3.63, 3.8) is 0 Å². The zero-order valence-electron chi connectivity index (χ0n) is 13.0. The van der Waals surface area contributed by atoms with E-state index < -0.39 is 16.7 Å². The third kappa shape index (κ3) is 6.06. The van der Waals surface area contributed by atoms with Gasteiger partial charge < -0.3 is 0 Å². The number of ketones is 1. The summed E-state index contributed by atoms with van der Waals surface area (Å²) >= 11 is 0. The van der Waals surface area contributed by atoms with Gasteiger partial charge >= 0.3 is 0 Å². The lowest BCUT2D eigenvalue weighted by Crippen LogP contribution is -2.25. The number of nitro groups is 1. The fourth-order valence-corrected chi connectivity index (χ4v) is 2.28. The standard InChI is InChI=1S/C17H25NO3/c1-3-4-5-6-7-8-9-15-10-12-16(13-11-15)17(19)14(2)18(20)21/h10-14H,3-9H2,1-2H3. The number of hydrogen-bond acceptors (Lipinski definition) is 3. The highest BCUT2D eigenvalue weighted by molar-refractivity contribution is 5.99. The number of rotatable bonds is 10. The number of unbranched alkanes of at least 4 members (excludes halogenated alkanes) is 5. The van der Waals surface area contributed by atoms with E-state index >= 15 is 0 Å². The van der Waals surface area contributed by atoms with Crippen LogP contribution in [-0.2, 0) is 6.42 Å². The van der Waals surface area contributed by atoms with Gasteiger partial charge in [0, 0.05) is 17.4 Å². The Morgan fingerprint density at radius 3 is 2.24 bits per heavy atom. The SMILES string of the molecule is CCCCCCCCc1ccc(C(=O)C(C)[N+](=O)[O-])cc1. The highest BCUT2D eigenvalue weighted by Crippen LogP contribution is 2.12. The predicted molar refractivity (Wildman–Crippen MR) is 84.3 cm³/mol. The van der Waals surface area contributed by atoms with Crippen LogP contribution in [0.3, 0.4) is 0 Å². The molecule has 0 aliphatic heterocycles. The van der Waals surface area contributed by atoms with Gasteiger partial charge in [-0.05, 0) is 18.4 Å². The van der Waals surface area contributed by atoms with E-state index in [0.29, 0.717) is 5.56 Å². The number of nitrogens with zero attached hydrogens (tertiary/aromatic N) is 1. The monoisotopic (exact) mass is 291 g/mol. The van der Waals surface area contributed by atoms with Crippen LogP contribution in [-0.4, -0.2) is 16.7 Å². The maximum Gasteiger partial charge on any atom is 0.272 e. The van der Waals surface area contributed by atoms with Gasteiger partial charge in [-0.1, -0.05) is 63.3 Å². The molecular formula is C17H25NO3. The second-order valence-corrected chi connectivity index (χ2v) is 5.54. The van der Waals surface area contributed by atoms with Gasteiger partial charge in [-0.3, -0.25) is 14.9 Å². The minimum Gasteiger partial charge on any atom is -0.286 e. The molecule has 0 aliphatic carbocycles. The molecule has 0 bridgehead atoms. The first-order valence-electron chi connectivity index (χ1n) is 7.83. The molecule has 1 atom stereocenters. The lowest BCUT2D eigenvalue weighted by molar-refractivity contribution is -0.500. The third-order valence-corrected chi connectivity index (χ3v) is 3.75. The van der Waals surface area contributed by atoms with Gasteiger partial charge in [0.1, 0.15) is 0 Å². The molecule has 116 valence electrons. The topological polar surface area (TPSA) is 60.2 Å². The lowest BCUT2D eigenvalue weighted by Gasteiger charge is -2.05. The third-order valence-electron chi connectivity index (χ3n) is 3.75. The van der Waals surface area contributed by atoms with Crippen LogP contribution in [0.25, 0.3) is 0 Å². The number of benzene rings is 1. The molecule has 0 N–H and O–H groups in total. The van der Waals surface area contributed by atoms with Crippen molar-refractivity contribution in [1.29, 1.82) is 0 Å². The number of carbonyl (C=O) groups excluding carboxylic acids is 1. The van der Waals surface area contributed by atoms with Gasteiger partial charge in [-0.25, -0.2) is 0 Å². The molecule has 1 aromatic rings. The maximum absolute atomic E-state index is 11.8. The van der Waals surface area contributed by atoms with E-state index in [1.54, 1.807) is 12.1 Å². The Bertz CT molecular complexity index is 454. The van der Waals surface area contributed by atoms with Crippen LogP contribution in [0.15, 0.2) is 24.3 Å². The number of Topliss-reactive ketones (excluding diaryl/α,β-unsaturated/α-hetero) is 1. The predicted octanol–water partition coefficient (Wildman–Crippen LogP) is 4.44. The van der Waals surface area contributed by atoms with E-state index in [9.17, 15) is 14.9 Å². The summed E-state index contributed by atoms with van der Waals surface area (Å²) in [6.45, 7) is 3.54. The van der Waals surface area contributed by atoms with Crippen LogP contribution >= 0.6 is 0 Å². The molecule has 1 unspecified atom stereocenters. The Morgan fingerprint density at radius 1 is 1.10 bits per heavy atom. The van der Waals surface area contributed by atoms with Gasteiger partial charge in [0.25, 0.3) is 6.04 Å². The first-order valence-corrected chi connectivity index (χ1v) is 7.83. The molecule has 4 heteroatoms. The lowest BCUT2D eigenvalue weighted by atomic mass is 10.0. The van der Waals surface area contributed by atoms with E-state index in [1.165, 1.54) is 44.6 Å². The largest absolute Gasteiger partial charge is 0.286 e. The van der Waals surface area contributed by atoms with Gasteiger partial charge in [0.2, 0.25) is 5.78 Å². The fraction of sp³-hybridized carbons (Fsp3) is 0.588. The van der Waals surface area contributed by atoms with Crippen LogP contribution in [0.4, 0.5) is 0 Å². The highest BCUT2D eigenvalue weighted by Gasteiger charge is 2.24. The summed E-state index contributed by atoms with van der Waals surface area (Å²) in [4.78, 5) is 21.9. The van der Waals surface area contributed by atoms with Crippen molar-refractivity contribution in [1.82, 2.24) is 0 Å². The number of hydrogen-bond donors (Lipinski definition) is 0. The summed E-state index contributed by atoms with van der Waals surface area (Å²) in [6, 6.07) is 6.05. The Hall–Kier alpha value is -1.71. The van der Waals surface area contributed by atoms with Crippen LogP contribution in [0, 0.1) is 10.1 Å². The summed E-state index contributed by atoms with van der Waals surface area (Å²) < 4.78 is 0. The minimum atomic E-state index is -1.17. The van der Waals surface area contributed by atoms with E-state index in [0.717, 1.165) is 12.8 Å². The van der Waals surface area contributed by atoms with E-state index in [4.69, 9.17) is 0 Å². The van der Waals surface area contributed by atoms with Crippen molar-refractivity contribution in [2.75, 3.05) is 0 Å². The Labute approximate surface area is 126 Å². The molecule has 0 heterocycles. The van der Waals surface area contributed by atoms with Crippen molar-refractivity contribution >= 4 is 5.78 Å². The number of carbonyl (C=O) groups is 1. The smallest absolute Gasteiger partial charge is 0.272 e. The molecule has 1 rings (SSSR count). The van der Waals surface area contributed by atoms with Gasteiger partial charge in [-0.2, -0.15) is 0 Å². The Balaban J connectivity index is 2.40. The minimum absolute atomic E-state index is 0.422. The van der Waals surface area contributed by atoms with Crippen molar-refractivity contribution in [2.24, 2.45) is 0 Å². The normalized spacial score (nSPS) is 12.1. The average molecular weight is 291 g/mol. The molecule has 0 aromatic heterocycles. The first-order chi connectivity index (χ1) is 10.1. The summed E-state index contributed by atoms with van der Waals surface area (Å²) in [7, 11) is 0. The van der Waals surface area contributed by atoms with E-state index in [-0.39, 0.29) is 0 Å². The maximum atomic E-state index is 11.8. The second kappa shape index (κ2) is 9.27. The molecule has 0 aliphatic rings. The molecule has 1 aromatic carbocycles. The summed E-state index contributed by atoms with van der Waals surface area (Å²) in [5.41, 5.74) is 1.61. The fourth-order valence-electron chi connectivity index (χ4n) is 2.28. The van der Waals surface area contributed by atoms with E-state index in [1.807, 2.05) is 12.1 Å². The summed E-state index contributed by atoms with van der Waals surface area (Å²) in [6.07, 6.45) is 8.56. The molecule has 0 saturated heterocycles. The molecule has 21 heavy (non-hydrogen) atoms. The molecule has 0 amide bonds. The van der Waals surface area contributed by atoms with Gasteiger partial charge in [0.15, 0.2) is 0 Å². The molecule has 0 radical (unpaired) electrons. The van der Waals surface area contributed by atoms with Crippen LogP contribution < -0.4 is 0 Å². The van der Waals surface area contributed by atoms with Crippen LogP contribution in [0.1, 0.15) is 68.3 Å². The highest BCUT2D eigenvalue weighted by atomic mass is 16.6. The quantitative estimate of drug-likeness (QED) is 0.277. The van der Waals surface area contributed by atoms with Crippen molar-refractivity contribution in [3.05, 3.63) is 45.5 Å². The molecular weight excluding hydrogens is 266 g/mol. The van der Waals surface area contributed by atoms with Crippen molar-refractivity contribution in [3.8, 4) is 0 Å². The van der Waals surface area contributed by atoms with Crippen LogP contribution in [0.2, 0.25) is 0 Å². The molecule has 4 nitrogen and oxygen atoms in total. The van der Waals surface area contributed by atoms with Gasteiger partial charge in [-0.15, -0.1) is 0 Å². The first kappa shape index (κ1) is 17.3. The molecule has 0 fully saturated rings. The van der Waals surface area contributed by atoms with Crippen LogP contribution in [0.5, 0.6) is 0 Å². The van der Waals surface area contributed by atoms with Crippen molar-refractivity contribution in [2.45, 2.75) is 64.8 Å².